The third-order valence-corrected chi connectivity index (χ3v) is 10.6. The highest BCUT2D eigenvalue weighted by Gasteiger charge is 2.67. The Morgan fingerprint density at radius 2 is 1.69 bits per heavy atom. The van der Waals surface area contributed by atoms with E-state index in [9.17, 15) is 29.7 Å². The molecule has 2 aromatic carbocycles. The number of rotatable bonds is 8. The monoisotopic (exact) mass is 654 g/mol. The zero-order valence-electron chi connectivity index (χ0n) is 29.9. The van der Waals surface area contributed by atoms with Gasteiger partial charge in [0.2, 0.25) is 5.78 Å². The van der Waals surface area contributed by atoms with E-state index < -0.39 is 39.3 Å². The summed E-state index contributed by atoms with van der Waals surface area (Å²) in [7, 11) is 0. The number of ether oxygens (including phenoxy) is 1. The van der Waals surface area contributed by atoms with Crippen molar-refractivity contribution in [2.24, 2.45) is 10.8 Å². The maximum Gasteiger partial charge on any atom is 0.209 e. The molecule has 0 bridgehead atoms. The molecule has 0 aliphatic heterocycles. The molecule has 0 radical (unpaired) electrons. The van der Waals surface area contributed by atoms with Gasteiger partial charge in [0.15, 0.2) is 11.4 Å². The van der Waals surface area contributed by atoms with Crippen molar-refractivity contribution in [3.63, 3.8) is 0 Å². The second-order valence-corrected chi connectivity index (χ2v) is 16.1. The minimum Gasteiger partial charge on any atom is -0.511 e. The van der Waals surface area contributed by atoms with Gasteiger partial charge in [-0.3, -0.25) is 14.4 Å². The van der Waals surface area contributed by atoms with Crippen LogP contribution in [-0.2, 0) is 33.6 Å². The highest BCUT2D eigenvalue weighted by molar-refractivity contribution is 6.24. The van der Waals surface area contributed by atoms with E-state index in [1.54, 1.807) is 6.92 Å². The minimum absolute atomic E-state index is 0.117. The number of Topliss-reactive ketones (excluding diaryl/α,β-unsaturated/α-hetero) is 3. The first-order chi connectivity index (χ1) is 22.1. The Morgan fingerprint density at radius 1 is 1.06 bits per heavy atom. The molecule has 0 saturated carbocycles. The fraction of sp³-hybridized carbons (Fsp3) is 0.488. The Kier molecular flexibility index (Phi) is 8.74. The maximum absolute atomic E-state index is 13.7. The summed E-state index contributed by atoms with van der Waals surface area (Å²) in [4.78, 5) is 39.3. The lowest BCUT2D eigenvalue weighted by Crippen LogP contribution is -2.63. The zero-order chi connectivity index (χ0) is 35.7. The normalized spacial score (nSPS) is 25.6. The Balaban J connectivity index is 1.50. The molecule has 7 nitrogen and oxygen atoms in total. The van der Waals surface area contributed by atoms with Crippen molar-refractivity contribution in [3.05, 3.63) is 93.0 Å². The van der Waals surface area contributed by atoms with Gasteiger partial charge in [-0.1, -0.05) is 52.5 Å². The fourth-order valence-corrected chi connectivity index (χ4v) is 8.62. The summed E-state index contributed by atoms with van der Waals surface area (Å²) in [5.74, 6) is -1.43. The Hall–Kier alpha value is -3.97. The second-order valence-electron chi connectivity index (χ2n) is 16.1. The largest absolute Gasteiger partial charge is 0.511 e. The van der Waals surface area contributed by atoms with Crippen molar-refractivity contribution in [2.45, 2.75) is 118 Å². The van der Waals surface area contributed by atoms with E-state index in [1.165, 1.54) is 6.92 Å². The number of aliphatic hydroxyl groups excluding tert-OH is 2. The molecule has 3 N–H and O–H groups in total. The average molecular weight is 655 g/mol. The van der Waals surface area contributed by atoms with Gasteiger partial charge in [-0.25, -0.2) is 0 Å². The van der Waals surface area contributed by atoms with E-state index in [2.05, 4.69) is 26.5 Å². The van der Waals surface area contributed by atoms with Crippen LogP contribution in [0.2, 0.25) is 0 Å². The van der Waals surface area contributed by atoms with Crippen LogP contribution in [0.4, 0.5) is 0 Å². The van der Waals surface area contributed by atoms with Gasteiger partial charge < -0.3 is 20.1 Å². The van der Waals surface area contributed by atoms with Crippen LogP contribution in [0.5, 0.6) is 5.75 Å². The van der Waals surface area contributed by atoms with E-state index in [0.717, 1.165) is 39.1 Å². The number of carbonyl (C=O) groups excluding carboxylic acids is 3. The predicted molar refractivity (Wildman–Crippen MR) is 187 cm³/mol. The van der Waals surface area contributed by atoms with Gasteiger partial charge in [0.25, 0.3) is 0 Å². The van der Waals surface area contributed by atoms with Gasteiger partial charge in [-0.15, -0.1) is 0 Å². The van der Waals surface area contributed by atoms with Crippen LogP contribution in [0.3, 0.4) is 0 Å². The molecular formula is C41H50O7. The molecule has 0 aromatic heterocycles. The summed E-state index contributed by atoms with van der Waals surface area (Å²) < 4.78 is 5.90. The van der Waals surface area contributed by atoms with Gasteiger partial charge in [0.05, 0.1) is 0 Å². The fourth-order valence-electron chi connectivity index (χ4n) is 8.62. The molecule has 0 spiro atoms. The number of aliphatic hydroxyl groups is 3. The van der Waals surface area contributed by atoms with Crippen molar-refractivity contribution in [1.29, 1.82) is 0 Å². The lowest BCUT2D eigenvalue weighted by Gasteiger charge is -2.57. The van der Waals surface area contributed by atoms with Crippen molar-refractivity contribution in [1.82, 2.24) is 0 Å². The molecule has 3 atom stereocenters. The summed E-state index contributed by atoms with van der Waals surface area (Å²) in [6.07, 6.45) is 1.91. The van der Waals surface area contributed by atoms with Crippen LogP contribution >= 0.6 is 0 Å². The van der Waals surface area contributed by atoms with Gasteiger partial charge >= 0.3 is 0 Å². The standard InChI is InChI=1S/C41H50O7/c1-22(2)30-18-27(13-14-28(43)17-26-11-15-29(16-12-26)48-38(6,7)8)23(3)33-24(4)35-37(46)41(47)36(45)34(25(5)42)32(44)20-40(41,10)21-39(35,9)19-31(30)33/h11-12,15-16,18,22,44,46-47H,4,13-14,17,19-21H2,1-3,5-10H3/t39-,40+,41+/m1/s1. The topological polar surface area (TPSA) is 121 Å². The molecule has 0 fully saturated rings. The first kappa shape index (κ1) is 35.3. The SMILES string of the molecule is C=C1C2=C(O)[C@@]3(O)C(=O)C(C(C)=O)=C(O)C[C@@]3(C)C[C@@]2(C)Cc2c(C(C)C)cc(CCC(=O)Cc3ccc(OC(C)(C)C)cc3)c(C)c21. The lowest BCUT2D eigenvalue weighted by molar-refractivity contribution is -0.158. The first-order valence-corrected chi connectivity index (χ1v) is 16.9. The second kappa shape index (κ2) is 11.9. The van der Waals surface area contributed by atoms with Crippen LogP contribution in [0.15, 0.2) is 59.6 Å². The third kappa shape index (κ3) is 5.74. The summed E-state index contributed by atoms with van der Waals surface area (Å²) in [6.45, 7) is 21.6. The van der Waals surface area contributed by atoms with Crippen molar-refractivity contribution >= 4 is 22.9 Å². The molecule has 7 heteroatoms. The summed E-state index contributed by atoms with van der Waals surface area (Å²) >= 11 is 0. The average Bonchev–Trinajstić information content (AvgIpc) is 2.94. The molecule has 0 amide bonds. The number of benzene rings is 2. The number of carbonyl (C=O) groups is 3. The van der Waals surface area contributed by atoms with E-state index >= 15 is 0 Å². The minimum atomic E-state index is -2.38. The molecule has 5 rings (SSSR count). The molecule has 3 aliphatic carbocycles. The van der Waals surface area contributed by atoms with Crippen molar-refractivity contribution in [2.75, 3.05) is 0 Å². The van der Waals surface area contributed by atoms with Gasteiger partial charge in [0.1, 0.15) is 34.2 Å². The highest BCUT2D eigenvalue weighted by atomic mass is 16.5. The van der Waals surface area contributed by atoms with Crippen LogP contribution in [0, 0.1) is 17.8 Å². The number of ketones is 3. The van der Waals surface area contributed by atoms with Crippen LogP contribution in [0.25, 0.3) is 5.57 Å². The quantitative estimate of drug-likeness (QED) is 0.247. The van der Waals surface area contributed by atoms with E-state index in [-0.39, 0.29) is 35.9 Å². The lowest BCUT2D eigenvalue weighted by atomic mass is 9.48. The number of hydrogen-bond donors (Lipinski definition) is 3. The highest BCUT2D eigenvalue weighted by Crippen LogP contribution is 2.64. The molecule has 256 valence electrons. The number of aryl methyl sites for hydroxylation is 1. The number of fused-ring (bicyclic) bond motifs is 3. The summed E-state index contributed by atoms with van der Waals surface area (Å²) in [5, 5.41) is 34.8. The van der Waals surface area contributed by atoms with Crippen LogP contribution < -0.4 is 4.74 Å². The smallest absolute Gasteiger partial charge is 0.209 e. The van der Waals surface area contributed by atoms with Gasteiger partial charge in [-0.05, 0) is 111 Å². The molecule has 0 heterocycles. The summed E-state index contributed by atoms with van der Waals surface area (Å²) in [5.41, 5.74) is 1.87. The van der Waals surface area contributed by atoms with Gasteiger partial charge in [0, 0.05) is 35.7 Å². The molecule has 0 saturated heterocycles. The third-order valence-electron chi connectivity index (χ3n) is 10.6. The molecule has 0 unspecified atom stereocenters. The zero-order valence-corrected chi connectivity index (χ0v) is 29.9. The van der Waals surface area contributed by atoms with Gasteiger partial charge in [-0.2, -0.15) is 0 Å². The maximum atomic E-state index is 13.7. The molecule has 48 heavy (non-hydrogen) atoms. The first-order valence-electron chi connectivity index (χ1n) is 16.9. The summed E-state index contributed by atoms with van der Waals surface area (Å²) in [6, 6.07) is 9.85. The van der Waals surface area contributed by atoms with E-state index in [0.29, 0.717) is 36.8 Å². The molecule has 3 aliphatic rings. The molecule has 2 aromatic rings. The van der Waals surface area contributed by atoms with E-state index in [1.807, 2.05) is 58.9 Å². The Bertz CT molecular complexity index is 1800. The predicted octanol–water partition coefficient (Wildman–Crippen LogP) is 7.94. The van der Waals surface area contributed by atoms with Crippen LogP contribution in [0.1, 0.15) is 114 Å². The van der Waals surface area contributed by atoms with Crippen molar-refractivity contribution < 1.29 is 34.4 Å². The van der Waals surface area contributed by atoms with E-state index in [4.69, 9.17) is 4.74 Å². The van der Waals surface area contributed by atoms with Crippen LogP contribution in [-0.4, -0.2) is 43.9 Å². The Morgan fingerprint density at radius 3 is 2.25 bits per heavy atom. The molecular weight excluding hydrogens is 604 g/mol. The number of allylic oxidation sites excluding steroid dienone is 3. The Labute approximate surface area is 284 Å². The number of hydrogen-bond acceptors (Lipinski definition) is 7. The van der Waals surface area contributed by atoms with Crippen molar-refractivity contribution in [3.8, 4) is 5.75 Å².